The molecule has 1 unspecified atom stereocenters. The summed E-state index contributed by atoms with van der Waals surface area (Å²) in [6, 6.07) is 2.03. The maximum Gasteiger partial charge on any atom is 0.319 e. The maximum atomic E-state index is 11.9. The number of piperidine rings is 1. The van der Waals surface area contributed by atoms with E-state index in [0.717, 1.165) is 54.9 Å². The van der Waals surface area contributed by atoms with Gasteiger partial charge in [0.25, 0.3) is 5.91 Å². The number of rotatable bonds is 7. The molecule has 0 spiro atoms. The van der Waals surface area contributed by atoms with E-state index in [9.17, 15) is 9.59 Å². The minimum Gasteiger partial charge on any atom is -0.397 e. The molecule has 2 saturated heterocycles. The summed E-state index contributed by atoms with van der Waals surface area (Å²) in [5.41, 5.74) is 13.1. The number of primary amides is 1. The molecular formula is C20H28N6O3S. The Morgan fingerprint density at radius 2 is 2.20 bits per heavy atom. The number of likely N-dealkylation sites (N-methyl/N-ethyl adjacent to an activating group) is 1. The molecule has 2 aromatic heterocycles. The van der Waals surface area contributed by atoms with Crippen LogP contribution in [0.2, 0.25) is 0 Å². The number of thiophene rings is 1. The van der Waals surface area contributed by atoms with Gasteiger partial charge in [-0.3, -0.25) is 4.79 Å². The van der Waals surface area contributed by atoms with E-state index < -0.39 is 5.91 Å². The third kappa shape index (κ3) is 4.01. The van der Waals surface area contributed by atoms with Crippen LogP contribution >= 0.6 is 11.3 Å². The quantitative estimate of drug-likeness (QED) is 0.642. The summed E-state index contributed by atoms with van der Waals surface area (Å²) in [6.45, 7) is 5.16. The zero-order chi connectivity index (χ0) is 21.3. The summed E-state index contributed by atoms with van der Waals surface area (Å²) >= 11 is 1.24. The van der Waals surface area contributed by atoms with Crippen molar-refractivity contribution in [3.63, 3.8) is 0 Å². The number of nitrogen functional groups attached to an aromatic ring is 1. The fourth-order valence-electron chi connectivity index (χ4n) is 4.23. The van der Waals surface area contributed by atoms with Crippen LogP contribution in [0.5, 0.6) is 0 Å². The first-order valence-electron chi connectivity index (χ1n) is 10.2. The van der Waals surface area contributed by atoms with Crippen molar-refractivity contribution in [3.8, 4) is 0 Å². The third-order valence-electron chi connectivity index (χ3n) is 5.85. The molecule has 30 heavy (non-hydrogen) atoms. The predicted octanol–water partition coefficient (Wildman–Crippen LogP) is 1.58. The number of urea groups is 1. The Hall–Kier alpha value is -2.59. The number of fused-ring (bicyclic) bond motifs is 1. The van der Waals surface area contributed by atoms with Crippen molar-refractivity contribution >= 4 is 44.9 Å². The van der Waals surface area contributed by atoms with Crippen molar-refractivity contribution in [2.45, 2.75) is 12.8 Å². The number of hydrogen-bond donors (Lipinski definition) is 2. The molecule has 0 saturated carbocycles. The molecule has 2 aliphatic rings. The Balaban J connectivity index is 1.37. The average Bonchev–Trinajstić information content (AvgIpc) is 3.25. The van der Waals surface area contributed by atoms with Gasteiger partial charge < -0.3 is 30.9 Å². The van der Waals surface area contributed by atoms with Crippen molar-refractivity contribution in [2.75, 3.05) is 63.6 Å². The topological polar surface area (TPSA) is 118 Å². The molecule has 2 fully saturated rings. The van der Waals surface area contributed by atoms with Crippen molar-refractivity contribution < 1.29 is 14.3 Å². The van der Waals surface area contributed by atoms with E-state index in [1.54, 1.807) is 11.1 Å². The van der Waals surface area contributed by atoms with Crippen LogP contribution in [0.4, 0.5) is 16.2 Å². The van der Waals surface area contributed by atoms with E-state index in [1.807, 2.05) is 18.0 Å². The second kappa shape index (κ2) is 8.65. The molecule has 3 amide bonds. The lowest BCUT2D eigenvalue weighted by Crippen LogP contribution is -2.38. The Morgan fingerprint density at radius 3 is 2.93 bits per heavy atom. The van der Waals surface area contributed by atoms with Crippen molar-refractivity contribution in [2.24, 2.45) is 11.7 Å². The van der Waals surface area contributed by atoms with Crippen LogP contribution < -0.4 is 16.4 Å². The molecule has 0 bridgehead atoms. The van der Waals surface area contributed by atoms with Crippen molar-refractivity contribution in [1.29, 1.82) is 0 Å². The number of ether oxygens (including phenoxy) is 1. The molecular weight excluding hydrogens is 404 g/mol. The normalized spacial score (nSPS) is 19.8. The van der Waals surface area contributed by atoms with Crippen LogP contribution in [0, 0.1) is 5.92 Å². The van der Waals surface area contributed by atoms with Gasteiger partial charge in [-0.25, -0.2) is 9.78 Å². The number of hydrogen-bond acceptors (Lipinski definition) is 7. The molecule has 2 aromatic rings. The predicted molar refractivity (Wildman–Crippen MR) is 118 cm³/mol. The number of aromatic nitrogens is 1. The summed E-state index contributed by atoms with van der Waals surface area (Å²) in [7, 11) is 1.82. The standard InChI is InChI=1S/C20H28N6O3S/c1-24-7-8-25(20(24)28)9-10-29-12-13-3-2-6-26(11-13)14-4-5-23-19-15(14)16(21)17(30-19)18(22)27/h4-5,13H,2-3,6-12,21H2,1H3,(H2,22,27). The van der Waals surface area contributed by atoms with Crippen LogP contribution in [0.3, 0.4) is 0 Å². The third-order valence-corrected chi connectivity index (χ3v) is 6.98. The van der Waals surface area contributed by atoms with E-state index in [0.29, 0.717) is 36.2 Å². The maximum absolute atomic E-state index is 11.9. The van der Waals surface area contributed by atoms with Crippen LogP contribution in [0.1, 0.15) is 22.5 Å². The Morgan fingerprint density at radius 1 is 1.37 bits per heavy atom. The molecule has 1 atom stereocenters. The van der Waals surface area contributed by atoms with Gasteiger partial charge in [0.2, 0.25) is 0 Å². The van der Waals surface area contributed by atoms with Gasteiger partial charge in [0.05, 0.1) is 30.0 Å². The van der Waals surface area contributed by atoms with E-state index in [-0.39, 0.29) is 6.03 Å². The Kier molecular flexibility index (Phi) is 5.96. The summed E-state index contributed by atoms with van der Waals surface area (Å²) in [4.78, 5) is 34.9. The van der Waals surface area contributed by atoms with Crippen LogP contribution in [-0.4, -0.2) is 79.7 Å². The zero-order valence-corrected chi connectivity index (χ0v) is 18.0. The number of carbonyl (C=O) groups is 2. The number of anilines is 2. The minimum absolute atomic E-state index is 0.0767. The number of nitrogens with two attached hydrogens (primary N) is 2. The van der Waals surface area contributed by atoms with E-state index in [2.05, 4.69) is 9.88 Å². The lowest BCUT2D eigenvalue weighted by Gasteiger charge is -2.34. The highest BCUT2D eigenvalue weighted by molar-refractivity contribution is 7.21. The molecule has 9 nitrogen and oxygen atoms in total. The van der Waals surface area contributed by atoms with Gasteiger partial charge in [0, 0.05) is 46.0 Å². The highest BCUT2D eigenvalue weighted by Gasteiger charge is 2.26. The van der Waals surface area contributed by atoms with Gasteiger partial charge in [-0.1, -0.05) is 0 Å². The number of amides is 3. The van der Waals surface area contributed by atoms with Gasteiger partial charge in [-0.15, -0.1) is 11.3 Å². The summed E-state index contributed by atoms with van der Waals surface area (Å²) in [5, 5.41) is 0.814. The van der Waals surface area contributed by atoms with E-state index in [1.165, 1.54) is 11.3 Å². The summed E-state index contributed by atoms with van der Waals surface area (Å²) in [6.07, 6.45) is 3.91. The SMILES string of the molecule is CN1CCN(CCOCC2CCCN(c3ccnc4sc(C(N)=O)c(N)c34)C2)C1=O. The summed E-state index contributed by atoms with van der Waals surface area (Å²) in [5.74, 6) is -0.122. The van der Waals surface area contributed by atoms with Crippen LogP contribution in [0.25, 0.3) is 10.2 Å². The number of carbonyl (C=O) groups excluding carboxylic acids is 2. The van der Waals surface area contributed by atoms with Gasteiger partial charge in [-0.05, 0) is 24.8 Å². The molecule has 2 aliphatic heterocycles. The first kappa shape index (κ1) is 20.7. The van der Waals surface area contributed by atoms with Crippen molar-refractivity contribution in [3.05, 3.63) is 17.1 Å². The van der Waals surface area contributed by atoms with Gasteiger partial charge in [0.1, 0.15) is 9.71 Å². The molecule has 0 aliphatic carbocycles. The van der Waals surface area contributed by atoms with E-state index >= 15 is 0 Å². The minimum atomic E-state index is -0.519. The van der Waals surface area contributed by atoms with Gasteiger partial charge in [0.15, 0.2) is 0 Å². The number of pyridine rings is 1. The fourth-order valence-corrected chi connectivity index (χ4v) is 5.17. The first-order valence-corrected chi connectivity index (χ1v) is 11.1. The molecule has 10 heteroatoms. The molecule has 162 valence electrons. The molecule has 0 radical (unpaired) electrons. The first-order chi connectivity index (χ1) is 14.5. The van der Waals surface area contributed by atoms with Crippen LogP contribution in [-0.2, 0) is 4.74 Å². The lowest BCUT2D eigenvalue weighted by molar-refractivity contribution is 0.0815. The second-order valence-electron chi connectivity index (χ2n) is 7.94. The van der Waals surface area contributed by atoms with Crippen LogP contribution in [0.15, 0.2) is 12.3 Å². The van der Waals surface area contributed by atoms with Gasteiger partial charge in [-0.2, -0.15) is 0 Å². The molecule has 4 heterocycles. The molecule has 0 aromatic carbocycles. The van der Waals surface area contributed by atoms with Crippen molar-refractivity contribution in [1.82, 2.24) is 14.8 Å². The smallest absolute Gasteiger partial charge is 0.319 e. The highest BCUT2D eigenvalue weighted by Crippen LogP contribution is 2.39. The zero-order valence-electron chi connectivity index (χ0n) is 17.2. The Labute approximate surface area is 179 Å². The van der Waals surface area contributed by atoms with Gasteiger partial charge >= 0.3 is 6.03 Å². The average molecular weight is 433 g/mol. The largest absolute Gasteiger partial charge is 0.397 e. The summed E-state index contributed by atoms with van der Waals surface area (Å²) < 4.78 is 5.91. The molecule has 4 rings (SSSR count). The fraction of sp³-hybridized carbons (Fsp3) is 0.550. The second-order valence-corrected chi connectivity index (χ2v) is 8.94. The number of nitrogens with zero attached hydrogens (tertiary/aromatic N) is 4. The highest BCUT2D eigenvalue weighted by atomic mass is 32.1. The van der Waals surface area contributed by atoms with E-state index in [4.69, 9.17) is 16.2 Å². The monoisotopic (exact) mass is 432 g/mol. The lowest BCUT2D eigenvalue weighted by atomic mass is 9.98. The molecule has 4 N–H and O–H groups in total. The Bertz CT molecular complexity index is 948.